The van der Waals surface area contributed by atoms with Gasteiger partial charge in [0, 0.05) is 18.8 Å². The monoisotopic (exact) mass is 325 g/mol. The Morgan fingerprint density at radius 1 is 1.30 bits per heavy atom. The van der Waals surface area contributed by atoms with Gasteiger partial charge in [-0.05, 0) is 24.7 Å². The first-order valence-corrected chi connectivity index (χ1v) is 8.95. The van der Waals surface area contributed by atoms with E-state index in [0.29, 0.717) is 12.8 Å². The molecule has 1 fully saturated rings. The van der Waals surface area contributed by atoms with Crippen LogP contribution in [0.5, 0.6) is 0 Å². The third-order valence-electron chi connectivity index (χ3n) is 5.11. The van der Waals surface area contributed by atoms with E-state index in [1.165, 1.54) is 0 Å². The highest BCUT2D eigenvalue weighted by Crippen LogP contribution is 2.35. The molecule has 0 aromatic carbocycles. The van der Waals surface area contributed by atoms with Crippen LogP contribution in [0.3, 0.4) is 0 Å². The number of Topliss-reactive ketones (excluding diaryl/α,β-unsaturated/α-hetero) is 1. The average molecular weight is 325 g/mol. The molecule has 4 atom stereocenters. The molecule has 0 bridgehead atoms. The van der Waals surface area contributed by atoms with Crippen molar-refractivity contribution in [1.29, 1.82) is 0 Å². The summed E-state index contributed by atoms with van der Waals surface area (Å²) in [6.45, 7) is 5.86. The number of carbonyl (C=O) groups excluding carboxylic acids is 2. The van der Waals surface area contributed by atoms with Crippen LogP contribution in [-0.4, -0.2) is 28.8 Å². The standard InChI is InChI=1S/C18H31NO4/c1-4-6-7-8-14-13(9-10-15(14)20)11-16(21)19-17(18(22)23)12(3)5-2/h12-14,17H,4-11H2,1-3H3,(H,19,21)(H,22,23)/t12-,13-,14-,17-/m0/s1. The van der Waals surface area contributed by atoms with Crippen LogP contribution >= 0.6 is 0 Å². The SMILES string of the molecule is CCCCC[C@@H]1C(=O)CC[C@H]1CC(=O)N[C@H](C(=O)O)[C@@H](C)CC. The molecule has 132 valence electrons. The lowest BCUT2D eigenvalue weighted by Gasteiger charge is -2.22. The third-order valence-corrected chi connectivity index (χ3v) is 5.11. The van der Waals surface area contributed by atoms with E-state index >= 15 is 0 Å². The van der Waals surface area contributed by atoms with Gasteiger partial charge in [0.05, 0.1) is 0 Å². The molecule has 0 unspecified atom stereocenters. The maximum Gasteiger partial charge on any atom is 0.326 e. The predicted molar refractivity (Wildman–Crippen MR) is 89.0 cm³/mol. The number of hydrogen-bond donors (Lipinski definition) is 2. The Morgan fingerprint density at radius 3 is 2.57 bits per heavy atom. The van der Waals surface area contributed by atoms with Gasteiger partial charge in [-0.2, -0.15) is 0 Å². The van der Waals surface area contributed by atoms with Crippen LogP contribution in [0.4, 0.5) is 0 Å². The Labute approximate surface area is 139 Å². The number of carboxylic acids is 1. The van der Waals surface area contributed by atoms with Gasteiger partial charge in [-0.1, -0.05) is 46.5 Å². The molecule has 1 amide bonds. The van der Waals surface area contributed by atoms with E-state index in [0.717, 1.165) is 32.1 Å². The fourth-order valence-electron chi connectivity index (χ4n) is 3.39. The van der Waals surface area contributed by atoms with E-state index in [9.17, 15) is 19.5 Å². The molecule has 1 aliphatic carbocycles. The number of hydrogen-bond acceptors (Lipinski definition) is 3. The first kappa shape index (κ1) is 19.7. The van der Waals surface area contributed by atoms with Crippen LogP contribution in [0.2, 0.25) is 0 Å². The molecule has 0 saturated heterocycles. The Balaban J connectivity index is 2.57. The average Bonchev–Trinajstić information content (AvgIpc) is 2.84. The molecule has 1 aliphatic rings. The molecule has 0 aromatic heterocycles. The van der Waals surface area contributed by atoms with Gasteiger partial charge in [0.1, 0.15) is 11.8 Å². The number of carbonyl (C=O) groups is 3. The maximum absolute atomic E-state index is 12.2. The highest BCUT2D eigenvalue weighted by molar-refractivity contribution is 5.87. The van der Waals surface area contributed by atoms with E-state index in [4.69, 9.17) is 0 Å². The zero-order chi connectivity index (χ0) is 17.4. The minimum atomic E-state index is -0.991. The second kappa shape index (κ2) is 9.68. The Kier molecular flexibility index (Phi) is 8.28. The van der Waals surface area contributed by atoms with Crippen LogP contribution in [-0.2, 0) is 14.4 Å². The summed E-state index contributed by atoms with van der Waals surface area (Å²) in [5.74, 6) is -1.00. The quantitative estimate of drug-likeness (QED) is 0.604. The smallest absolute Gasteiger partial charge is 0.326 e. The van der Waals surface area contributed by atoms with Gasteiger partial charge in [0.2, 0.25) is 5.91 Å². The lowest BCUT2D eigenvalue weighted by atomic mass is 9.87. The Morgan fingerprint density at radius 2 is 2.00 bits per heavy atom. The number of ketones is 1. The van der Waals surface area contributed by atoms with Gasteiger partial charge < -0.3 is 10.4 Å². The van der Waals surface area contributed by atoms with Crippen molar-refractivity contribution in [3.05, 3.63) is 0 Å². The van der Waals surface area contributed by atoms with Gasteiger partial charge in [-0.25, -0.2) is 4.79 Å². The normalized spacial score (nSPS) is 23.5. The molecule has 0 radical (unpaired) electrons. The summed E-state index contributed by atoms with van der Waals surface area (Å²) in [6, 6.07) is -0.844. The van der Waals surface area contributed by atoms with Crippen molar-refractivity contribution in [2.75, 3.05) is 0 Å². The topological polar surface area (TPSA) is 83.5 Å². The van der Waals surface area contributed by atoms with E-state index in [1.807, 2.05) is 13.8 Å². The van der Waals surface area contributed by atoms with Crippen molar-refractivity contribution < 1.29 is 19.5 Å². The van der Waals surface area contributed by atoms with Gasteiger partial charge in [0.25, 0.3) is 0 Å². The number of carboxylic acid groups (broad SMARTS) is 1. The van der Waals surface area contributed by atoms with Crippen molar-refractivity contribution >= 4 is 17.7 Å². The number of unbranched alkanes of at least 4 members (excludes halogenated alkanes) is 2. The summed E-state index contributed by atoms with van der Waals surface area (Å²) in [6.07, 6.45) is 6.38. The zero-order valence-electron chi connectivity index (χ0n) is 14.6. The zero-order valence-corrected chi connectivity index (χ0v) is 14.6. The van der Waals surface area contributed by atoms with Crippen molar-refractivity contribution in [1.82, 2.24) is 5.32 Å². The first-order valence-electron chi connectivity index (χ1n) is 8.95. The van der Waals surface area contributed by atoms with Gasteiger partial charge >= 0.3 is 5.97 Å². The summed E-state index contributed by atoms with van der Waals surface area (Å²) in [5.41, 5.74) is 0. The van der Waals surface area contributed by atoms with Crippen LogP contribution in [0.15, 0.2) is 0 Å². The van der Waals surface area contributed by atoms with Crippen LogP contribution in [0.25, 0.3) is 0 Å². The van der Waals surface area contributed by atoms with Crippen molar-refractivity contribution in [3.8, 4) is 0 Å². The number of amides is 1. The van der Waals surface area contributed by atoms with Crippen LogP contribution in [0, 0.1) is 17.8 Å². The molecule has 23 heavy (non-hydrogen) atoms. The van der Waals surface area contributed by atoms with Crippen molar-refractivity contribution in [2.24, 2.45) is 17.8 Å². The van der Waals surface area contributed by atoms with Crippen LogP contribution in [0.1, 0.15) is 72.1 Å². The van der Waals surface area contributed by atoms with Crippen molar-refractivity contribution in [3.63, 3.8) is 0 Å². The van der Waals surface area contributed by atoms with E-state index in [1.54, 1.807) is 0 Å². The highest BCUT2D eigenvalue weighted by Gasteiger charge is 2.36. The molecule has 1 rings (SSSR count). The molecule has 5 heteroatoms. The summed E-state index contributed by atoms with van der Waals surface area (Å²) in [4.78, 5) is 35.5. The van der Waals surface area contributed by atoms with E-state index in [-0.39, 0.29) is 35.9 Å². The molecule has 2 N–H and O–H groups in total. The summed E-state index contributed by atoms with van der Waals surface area (Å²) in [7, 11) is 0. The highest BCUT2D eigenvalue weighted by atomic mass is 16.4. The molecular weight excluding hydrogens is 294 g/mol. The van der Waals surface area contributed by atoms with Crippen LogP contribution < -0.4 is 5.32 Å². The summed E-state index contributed by atoms with van der Waals surface area (Å²) >= 11 is 0. The molecule has 0 aromatic rings. The van der Waals surface area contributed by atoms with Crippen molar-refractivity contribution in [2.45, 2.75) is 78.2 Å². The Bertz CT molecular complexity index is 421. The van der Waals surface area contributed by atoms with Gasteiger partial charge in [-0.3, -0.25) is 9.59 Å². The molecule has 0 heterocycles. The Hall–Kier alpha value is -1.39. The number of nitrogens with one attached hydrogen (secondary N) is 1. The fraction of sp³-hybridized carbons (Fsp3) is 0.833. The van der Waals surface area contributed by atoms with Gasteiger partial charge in [0.15, 0.2) is 0 Å². The van der Waals surface area contributed by atoms with E-state index in [2.05, 4.69) is 12.2 Å². The second-order valence-corrected chi connectivity index (χ2v) is 6.84. The molecule has 5 nitrogen and oxygen atoms in total. The largest absolute Gasteiger partial charge is 0.480 e. The number of rotatable bonds is 10. The molecule has 1 saturated carbocycles. The predicted octanol–water partition coefficient (Wildman–Crippen LogP) is 3.17. The molecular formula is C18H31NO4. The molecule has 0 aliphatic heterocycles. The minimum Gasteiger partial charge on any atom is -0.480 e. The molecule has 0 spiro atoms. The summed E-state index contributed by atoms with van der Waals surface area (Å²) in [5, 5.41) is 11.9. The summed E-state index contributed by atoms with van der Waals surface area (Å²) < 4.78 is 0. The third kappa shape index (κ3) is 5.96. The number of aliphatic carboxylic acids is 1. The maximum atomic E-state index is 12.2. The minimum absolute atomic E-state index is 0.0147. The lowest BCUT2D eigenvalue weighted by Crippen LogP contribution is -2.45. The lowest BCUT2D eigenvalue weighted by molar-refractivity contribution is -0.143. The second-order valence-electron chi connectivity index (χ2n) is 6.84. The van der Waals surface area contributed by atoms with E-state index < -0.39 is 12.0 Å². The van der Waals surface area contributed by atoms with Gasteiger partial charge in [-0.15, -0.1) is 0 Å². The first-order chi connectivity index (χ1) is 10.9. The fourth-order valence-corrected chi connectivity index (χ4v) is 3.39.